The smallest absolute Gasteiger partial charge is 0.261 e. The van der Waals surface area contributed by atoms with E-state index in [1.54, 1.807) is 24.3 Å². The number of aromatic nitrogens is 2. The van der Waals surface area contributed by atoms with Crippen molar-refractivity contribution in [2.45, 2.75) is 24.8 Å². The van der Waals surface area contributed by atoms with E-state index in [1.807, 2.05) is 13.0 Å². The van der Waals surface area contributed by atoms with E-state index in [4.69, 9.17) is 4.74 Å². The highest BCUT2D eigenvalue weighted by molar-refractivity contribution is 7.89. The Morgan fingerprint density at radius 3 is 2.58 bits per heavy atom. The zero-order chi connectivity index (χ0) is 22.4. The summed E-state index contributed by atoms with van der Waals surface area (Å²) in [5.41, 5.74) is 1.36. The topological polar surface area (TPSA) is 119 Å². The molecule has 164 valence electrons. The molecule has 1 aromatic heterocycles. The first-order valence-electron chi connectivity index (χ1n) is 9.67. The molecule has 0 aliphatic carbocycles. The molecule has 3 aromatic rings. The van der Waals surface area contributed by atoms with E-state index in [9.17, 15) is 18.0 Å². The molecule has 2 N–H and O–H groups in total. The second kappa shape index (κ2) is 9.71. The molecule has 0 bridgehead atoms. The number of aryl methyl sites for hydroxylation is 2. The molecular formula is C21H24N4O5S. The van der Waals surface area contributed by atoms with Crippen LogP contribution >= 0.6 is 0 Å². The van der Waals surface area contributed by atoms with Crippen LogP contribution in [0.5, 0.6) is 5.75 Å². The summed E-state index contributed by atoms with van der Waals surface area (Å²) in [6.07, 6.45) is 1.51. The van der Waals surface area contributed by atoms with Gasteiger partial charge in [0.15, 0.2) is 0 Å². The van der Waals surface area contributed by atoms with Crippen molar-refractivity contribution >= 4 is 26.8 Å². The van der Waals surface area contributed by atoms with Crippen LogP contribution in [0.3, 0.4) is 0 Å². The Balaban J connectivity index is 1.48. The largest absolute Gasteiger partial charge is 0.497 e. The number of hydrogen-bond acceptors (Lipinski definition) is 6. The van der Waals surface area contributed by atoms with Gasteiger partial charge in [0.2, 0.25) is 15.9 Å². The summed E-state index contributed by atoms with van der Waals surface area (Å²) < 4.78 is 33.3. The highest BCUT2D eigenvalue weighted by Gasteiger charge is 2.13. The third kappa shape index (κ3) is 5.47. The standard InChI is InChI=1S/C21H24N4O5S/c1-15-4-3-5-18-20(15)23-14-25(21(18)27)13-10-19(26)22-11-12-24-31(28,29)17-8-6-16(30-2)7-9-17/h3-9,14,24H,10-13H2,1-2H3,(H,22,26). The minimum absolute atomic E-state index is 0.0385. The molecule has 31 heavy (non-hydrogen) atoms. The minimum Gasteiger partial charge on any atom is -0.497 e. The zero-order valence-electron chi connectivity index (χ0n) is 17.3. The van der Waals surface area contributed by atoms with Crippen molar-refractivity contribution in [1.82, 2.24) is 19.6 Å². The van der Waals surface area contributed by atoms with E-state index in [0.29, 0.717) is 16.7 Å². The van der Waals surface area contributed by atoms with Gasteiger partial charge in [-0.15, -0.1) is 0 Å². The number of nitrogens with zero attached hydrogens (tertiary/aromatic N) is 2. The van der Waals surface area contributed by atoms with Gasteiger partial charge in [0.05, 0.1) is 29.2 Å². The van der Waals surface area contributed by atoms with Gasteiger partial charge >= 0.3 is 0 Å². The second-order valence-electron chi connectivity index (χ2n) is 6.89. The summed E-state index contributed by atoms with van der Waals surface area (Å²) in [6, 6.07) is 11.4. The maximum atomic E-state index is 12.5. The maximum Gasteiger partial charge on any atom is 0.261 e. The van der Waals surface area contributed by atoms with Crippen molar-refractivity contribution in [3.05, 3.63) is 64.7 Å². The predicted molar refractivity (Wildman–Crippen MR) is 117 cm³/mol. The Bertz CT molecular complexity index is 1240. The number of nitrogens with one attached hydrogen (secondary N) is 2. The number of rotatable bonds is 9. The first kappa shape index (κ1) is 22.4. The molecule has 1 amide bonds. The summed E-state index contributed by atoms with van der Waals surface area (Å²) in [5.74, 6) is 0.266. The Kier molecular flexibility index (Phi) is 7.03. The molecule has 0 aliphatic rings. The fraction of sp³-hybridized carbons (Fsp3) is 0.286. The SMILES string of the molecule is COc1ccc(S(=O)(=O)NCCNC(=O)CCn2cnc3c(C)cccc3c2=O)cc1. The van der Waals surface area contributed by atoms with E-state index in [0.717, 1.165) is 5.56 Å². The van der Waals surface area contributed by atoms with Crippen LogP contribution in [-0.4, -0.2) is 44.1 Å². The molecule has 0 atom stereocenters. The van der Waals surface area contributed by atoms with Crippen LogP contribution in [0.15, 0.2) is 58.5 Å². The molecule has 0 saturated carbocycles. The molecule has 0 saturated heterocycles. The lowest BCUT2D eigenvalue weighted by Gasteiger charge is -2.10. The predicted octanol–water partition coefficient (Wildman–Crippen LogP) is 1.20. The lowest BCUT2D eigenvalue weighted by molar-refractivity contribution is -0.121. The fourth-order valence-corrected chi connectivity index (χ4v) is 4.06. The number of hydrogen-bond donors (Lipinski definition) is 2. The summed E-state index contributed by atoms with van der Waals surface area (Å²) >= 11 is 0. The first-order valence-corrected chi connectivity index (χ1v) is 11.2. The molecule has 3 rings (SSSR count). The number of amides is 1. The van der Waals surface area contributed by atoms with Crippen LogP contribution < -0.4 is 20.3 Å². The Morgan fingerprint density at radius 1 is 1.13 bits per heavy atom. The summed E-state index contributed by atoms with van der Waals surface area (Å²) in [7, 11) is -2.18. The maximum absolute atomic E-state index is 12.5. The quantitative estimate of drug-likeness (QED) is 0.479. The minimum atomic E-state index is -3.68. The van der Waals surface area contributed by atoms with Gasteiger partial charge in [-0.3, -0.25) is 14.2 Å². The Labute approximate surface area is 180 Å². The molecule has 0 spiro atoms. The third-order valence-corrected chi connectivity index (χ3v) is 6.22. The van der Waals surface area contributed by atoms with Gasteiger partial charge in [-0.25, -0.2) is 18.1 Å². The lowest BCUT2D eigenvalue weighted by Crippen LogP contribution is -2.35. The van der Waals surface area contributed by atoms with Crippen molar-refractivity contribution < 1.29 is 17.9 Å². The van der Waals surface area contributed by atoms with Crippen molar-refractivity contribution in [2.75, 3.05) is 20.2 Å². The van der Waals surface area contributed by atoms with Gasteiger partial charge < -0.3 is 10.1 Å². The molecular weight excluding hydrogens is 420 g/mol. The zero-order valence-corrected chi connectivity index (χ0v) is 18.1. The molecule has 2 aromatic carbocycles. The summed E-state index contributed by atoms with van der Waals surface area (Å²) in [4.78, 5) is 29.0. The molecule has 0 fully saturated rings. The number of para-hydroxylation sites is 1. The van der Waals surface area contributed by atoms with Crippen LogP contribution in [0.25, 0.3) is 10.9 Å². The van der Waals surface area contributed by atoms with Crippen molar-refractivity contribution in [3.63, 3.8) is 0 Å². The molecule has 9 nitrogen and oxygen atoms in total. The van der Waals surface area contributed by atoms with E-state index in [2.05, 4.69) is 15.0 Å². The normalized spacial score (nSPS) is 11.4. The van der Waals surface area contributed by atoms with Gasteiger partial charge in [0.1, 0.15) is 5.75 Å². The third-order valence-electron chi connectivity index (χ3n) is 4.74. The van der Waals surface area contributed by atoms with Gasteiger partial charge in [-0.05, 0) is 42.8 Å². The molecule has 1 heterocycles. The van der Waals surface area contributed by atoms with E-state index in [1.165, 1.54) is 30.1 Å². The Hall–Kier alpha value is -3.24. The average molecular weight is 445 g/mol. The highest BCUT2D eigenvalue weighted by atomic mass is 32.2. The summed E-state index contributed by atoms with van der Waals surface area (Å²) in [5, 5.41) is 3.15. The van der Waals surface area contributed by atoms with E-state index < -0.39 is 10.0 Å². The molecule has 0 aliphatic heterocycles. The summed E-state index contributed by atoms with van der Waals surface area (Å²) in [6.45, 7) is 2.23. The van der Waals surface area contributed by atoms with Crippen LogP contribution in [0.1, 0.15) is 12.0 Å². The molecule has 10 heteroatoms. The van der Waals surface area contributed by atoms with Gasteiger partial charge in [0.25, 0.3) is 5.56 Å². The first-order chi connectivity index (χ1) is 14.8. The van der Waals surface area contributed by atoms with E-state index in [-0.39, 0.29) is 42.4 Å². The number of methoxy groups -OCH3 is 1. The fourth-order valence-electron chi connectivity index (χ4n) is 3.03. The van der Waals surface area contributed by atoms with Crippen LogP contribution in [0, 0.1) is 6.92 Å². The number of sulfonamides is 1. The average Bonchev–Trinajstić information content (AvgIpc) is 2.77. The van der Waals surface area contributed by atoms with E-state index >= 15 is 0 Å². The van der Waals surface area contributed by atoms with Gasteiger partial charge in [-0.2, -0.15) is 0 Å². The van der Waals surface area contributed by atoms with Crippen LogP contribution in [0.2, 0.25) is 0 Å². The molecule has 0 unspecified atom stereocenters. The van der Waals surface area contributed by atoms with Gasteiger partial charge in [-0.1, -0.05) is 12.1 Å². The number of carbonyl (C=O) groups is 1. The van der Waals surface area contributed by atoms with Crippen LogP contribution in [0.4, 0.5) is 0 Å². The van der Waals surface area contributed by atoms with Crippen molar-refractivity contribution in [1.29, 1.82) is 0 Å². The van der Waals surface area contributed by atoms with Crippen molar-refractivity contribution in [3.8, 4) is 5.75 Å². The Morgan fingerprint density at radius 2 is 1.87 bits per heavy atom. The highest BCUT2D eigenvalue weighted by Crippen LogP contribution is 2.15. The molecule has 0 radical (unpaired) electrons. The van der Waals surface area contributed by atoms with Crippen LogP contribution in [-0.2, 0) is 21.4 Å². The monoisotopic (exact) mass is 444 g/mol. The van der Waals surface area contributed by atoms with Gasteiger partial charge in [0, 0.05) is 26.1 Å². The number of fused-ring (bicyclic) bond motifs is 1. The van der Waals surface area contributed by atoms with Crippen molar-refractivity contribution in [2.24, 2.45) is 0 Å². The number of carbonyl (C=O) groups excluding carboxylic acids is 1. The lowest BCUT2D eigenvalue weighted by atomic mass is 10.1. The second-order valence-corrected chi connectivity index (χ2v) is 8.65. The number of ether oxygens (including phenoxy) is 1. The number of benzene rings is 2.